The van der Waals surface area contributed by atoms with Gasteiger partial charge in [-0.3, -0.25) is 9.79 Å². The van der Waals surface area contributed by atoms with Crippen LogP contribution in [0.2, 0.25) is 0 Å². The normalized spacial score (nSPS) is 21.0. The van der Waals surface area contributed by atoms with E-state index in [1.165, 1.54) is 7.11 Å². The first kappa shape index (κ1) is 25.9. The molecule has 0 aromatic heterocycles. The summed E-state index contributed by atoms with van der Waals surface area (Å²) in [6.07, 6.45) is 8.03. The molecule has 0 fully saturated rings. The van der Waals surface area contributed by atoms with Crippen LogP contribution in [-0.4, -0.2) is 31.8 Å². The quantitative estimate of drug-likeness (QED) is 0.307. The third-order valence-corrected chi connectivity index (χ3v) is 3.73. The number of aliphatic imine (C=N–C) groups is 1. The molecule has 0 aromatic carbocycles. The Hall–Kier alpha value is -2.36. The average molecular weight is 397 g/mol. The number of fused-ring (bicyclic) bond motifs is 3. The molecule has 0 spiro atoms. The largest absolute Gasteiger partial charge is 0 e. The number of hydrogen-bond acceptors (Lipinski definition) is 4. The molecule has 0 amide bonds. The number of hydrogen-bond donors (Lipinski definition) is 0. The fraction of sp³-hybridized carbons (Fsp3) is 0.278. The van der Waals surface area contributed by atoms with Crippen LogP contribution in [0.15, 0.2) is 52.0 Å². The van der Waals surface area contributed by atoms with Gasteiger partial charge in [-0.25, -0.2) is 0 Å². The number of carbonyl (C=O) groups excluding carboxylic acids is 1. The molecule has 0 N–H and O–H groups in total. The summed E-state index contributed by atoms with van der Waals surface area (Å²) in [5, 5.41) is 0. The van der Waals surface area contributed by atoms with Gasteiger partial charge in [0.15, 0.2) is 11.5 Å². The van der Waals surface area contributed by atoms with E-state index in [1.807, 2.05) is 18.2 Å². The second kappa shape index (κ2) is 12.9. The Morgan fingerprint density at radius 2 is 1.46 bits per heavy atom. The van der Waals surface area contributed by atoms with Crippen molar-refractivity contribution in [3.63, 3.8) is 0 Å². The van der Waals surface area contributed by atoms with E-state index >= 15 is 0 Å². The van der Waals surface area contributed by atoms with E-state index in [2.05, 4.69) is 31.0 Å². The Morgan fingerprint density at radius 1 is 0.962 bits per heavy atom. The summed E-state index contributed by atoms with van der Waals surface area (Å²) < 4.78 is 33.2. The standard InChI is InChI=1S/C15H15NO3.3CO.Fe/c1-8-13(17)15(19-3)11-9-6-4-5-7-10(9)16-12(11)14(8)18-2;3*1-2;/h4-7,9-10H,1-3H3;;;;/t9-,10+;;;;/m1..../s1. The van der Waals surface area contributed by atoms with E-state index in [0.29, 0.717) is 17.1 Å². The van der Waals surface area contributed by atoms with E-state index in [4.69, 9.17) is 23.4 Å². The van der Waals surface area contributed by atoms with Gasteiger partial charge < -0.3 is 9.47 Å². The van der Waals surface area contributed by atoms with Crippen molar-refractivity contribution in [1.29, 1.82) is 0 Å². The van der Waals surface area contributed by atoms with Gasteiger partial charge in [-0.2, -0.15) is 0 Å². The van der Waals surface area contributed by atoms with Crippen molar-refractivity contribution in [3.05, 3.63) is 66.9 Å². The van der Waals surface area contributed by atoms with Crippen LogP contribution in [0.3, 0.4) is 0 Å². The van der Waals surface area contributed by atoms with Crippen LogP contribution in [-0.2, 0) is 45.3 Å². The van der Waals surface area contributed by atoms with Gasteiger partial charge in [-0.1, -0.05) is 24.3 Å². The zero-order valence-electron chi connectivity index (χ0n) is 14.2. The van der Waals surface area contributed by atoms with E-state index < -0.39 is 0 Å². The van der Waals surface area contributed by atoms with Crippen LogP contribution in [0.1, 0.15) is 6.92 Å². The van der Waals surface area contributed by atoms with Gasteiger partial charge in [0.25, 0.3) is 0 Å². The van der Waals surface area contributed by atoms with Crippen molar-refractivity contribution in [2.45, 2.75) is 13.0 Å². The van der Waals surface area contributed by atoms with Crippen LogP contribution in [0, 0.1) is 25.9 Å². The van der Waals surface area contributed by atoms with Crippen molar-refractivity contribution in [2.24, 2.45) is 10.9 Å². The van der Waals surface area contributed by atoms with E-state index in [-0.39, 0.29) is 34.8 Å². The number of ether oxygens (including phenoxy) is 2. The molecule has 3 aliphatic rings. The van der Waals surface area contributed by atoms with Gasteiger partial charge in [0.2, 0.25) is 5.78 Å². The predicted octanol–water partition coefficient (Wildman–Crippen LogP) is 1.84. The van der Waals surface area contributed by atoms with Crippen molar-refractivity contribution in [1.82, 2.24) is 0 Å². The minimum absolute atomic E-state index is 0. The maximum atomic E-state index is 12.3. The maximum absolute atomic E-state index is 12.3. The zero-order chi connectivity index (χ0) is 19.6. The number of rotatable bonds is 2. The topological polar surface area (TPSA) is 108 Å². The van der Waals surface area contributed by atoms with Gasteiger partial charge in [0, 0.05) is 34.1 Å². The zero-order valence-corrected chi connectivity index (χ0v) is 15.3. The van der Waals surface area contributed by atoms with E-state index in [9.17, 15) is 4.79 Å². The second-order valence-corrected chi connectivity index (χ2v) is 4.70. The Labute approximate surface area is 162 Å². The Bertz CT molecular complexity index is 722. The molecule has 2 atom stereocenters. The van der Waals surface area contributed by atoms with Crippen molar-refractivity contribution >= 4 is 11.5 Å². The molecule has 0 saturated heterocycles. The molecule has 3 rings (SSSR count). The monoisotopic (exact) mass is 397 g/mol. The number of ketones is 1. The first-order valence-electron chi connectivity index (χ1n) is 6.81. The van der Waals surface area contributed by atoms with Crippen LogP contribution in [0.5, 0.6) is 0 Å². The predicted molar refractivity (Wildman–Crippen MR) is 83.5 cm³/mol. The smallest absolute Gasteiger partial charge is 0 e. The minimum atomic E-state index is -0.114. The van der Waals surface area contributed by atoms with Gasteiger partial charge in [-0.15, -0.1) is 0 Å². The number of allylic oxidation sites excluding steroid dienone is 4. The summed E-state index contributed by atoms with van der Waals surface area (Å²) in [4.78, 5) is 17.0. The minimum Gasteiger partial charge on any atom is 0 e. The third-order valence-electron chi connectivity index (χ3n) is 3.73. The van der Waals surface area contributed by atoms with E-state index in [0.717, 1.165) is 11.3 Å². The first-order chi connectivity index (χ1) is 12.2. The molecule has 2 aliphatic carbocycles. The molecule has 1 heterocycles. The molecule has 0 bridgehead atoms. The van der Waals surface area contributed by atoms with Gasteiger partial charge >= 0.3 is 33.9 Å². The summed E-state index contributed by atoms with van der Waals surface area (Å²) in [5.74, 6) is 0.913. The summed E-state index contributed by atoms with van der Waals surface area (Å²) in [5.41, 5.74) is 2.15. The molecule has 0 unspecified atom stereocenters. The van der Waals surface area contributed by atoms with Crippen molar-refractivity contribution < 1.29 is 45.3 Å². The molecule has 1 aliphatic heterocycles. The van der Waals surface area contributed by atoms with Crippen LogP contribution in [0.4, 0.5) is 0 Å². The fourth-order valence-corrected chi connectivity index (χ4v) is 2.83. The van der Waals surface area contributed by atoms with Crippen LogP contribution >= 0.6 is 0 Å². The number of nitrogens with zero attached hydrogens (tertiary/aromatic N) is 1. The average Bonchev–Trinajstić information content (AvgIpc) is 3.07. The number of methoxy groups -OCH3 is 2. The number of carbonyl (C=O) groups is 1. The molecular weight excluding hydrogens is 382 g/mol. The molecule has 0 saturated carbocycles. The molecular formula is C18H15FeNO6. The van der Waals surface area contributed by atoms with Gasteiger partial charge in [0.05, 0.1) is 20.3 Å². The third kappa shape index (κ3) is 4.63. The molecule has 0 aromatic rings. The fourth-order valence-electron chi connectivity index (χ4n) is 2.83. The summed E-state index contributed by atoms with van der Waals surface area (Å²) >= 11 is 0. The molecule has 0 radical (unpaired) electrons. The maximum Gasteiger partial charge on any atom is 0 e. The van der Waals surface area contributed by atoms with Crippen molar-refractivity contribution in [3.8, 4) is 0 Å². The Morgan fingerprint density at radius 3 is 1.96 bits per heavy atom. The second-order valence-electron chi connectivity index (χ2n) is 4.70. The SMILES string of the molecule is COC1=C(C)C(=O)C(OC)=C2C1=N[C@H]1C=CC=C[C@@H]21.[C-]#[O+].[C-]#[O+].[C-]#[O+].[Fe]. The molecule has 7 nitrogen and oxygen atoms in total. The van der Waals surface area contributed by atoms with E-state index in [1.54, 1.807) is 14.0 Å². The summed E-state index contributed by atoms with van der Waals surface area (Å²) in [7, 11) is 3.09. The van der Waals surface area contributed by atoms with Gasteiger partial charge in [-0.05, 0) is 6.92 Å². The summed E-state index contributed by atoms with van der Waals surface area (Å²) in [6, 6.07) is 0.0315. The molecule has 136 valence electrons. The van der Waals surface area contributed by atoms with Gasteiger partial charge in [0.1, 0.15) is 5.71 Å². The Kier molecular flexibility index (Phi) is 12.9. The van der Waals surface area contributed by atoms with Crippen molar-refractivity contribution in [2.75, 3.05) is 14.2 Å². The molecule has 26 heavy (non-hydrogen) atoms. The summed E-state index contributed by atoms with van der Waals surface area (Å²) in [6.45, 7) is 15.2. The van der Waals surface area contributed by atoms with Crippen LogP contribution < -0.4 is 0 Å². The van der Waals surface area contributed by atoms with Crippen LogP contribution in [0.25, 0.3) is 0 Å². The molecule has 8 heteroatoms. The Balaban J connectivity index is 0. The number of Topliss-reactive ketones (excluding diaryl/α,β-unsaturated/α-hetero) is 1. The first-order valence-corrected chi connectivity index (χ1v) is 6.81.